The van der Waals surface area contributed by atoms with Gasteiger partial charge in [-0.2, -0.15) is 0 Å². The van der Waals surface area contributed by atoms with E-state index < -0.39 is 25.3 Å². The molecule has 4 aliphatic rings. The third-order valence-corrected chi connectivity index (χ3v) is 19.2. The van der Waals surface area contributed by atoms with Gasteiger partial charge < -0.3 is 39.3 Å². The van der Waals surface area contributed by atoms with Crippen LogP contribution in [0.5, 0.6) is 11.5 Å². The molecule has 0 aliphatic carbocycles. The number of carbonyl (C=O) groups excluding carboxylic acids is 3. The summed E-state index contributed by atoms with van der Waals surface area (Å²) in [6, 6.07) is 41.8. The Bertz CT molecular complexity index is 2550. The lowest BCUT2D eigenvalue weighted by Crippen LogP contribution is -2.55. The summed E-state index contributed by atoms with van der Waals surface area (Å²) in [6.07, 6.45) is 0.817. The molecule has 5 aromatic carbocycles. The fraction of sp³-hybridized carbons (Fsp3) is 0.377. The lowest BCUT2D eigenvalue weighted by molar-refractivity contribution is -0.150. The smallest absolute Gasteiger partial charge is 0.264 e. The van der Waals surface area contributed by atoms with Crippen LogP contribution < -0.4 is 34.7 Å². The number of methoxy groups -OCH3 is 2. The Hall–Kier alpha value is -5.99. The normalized spacial score (nSPS) is 22.3. The number of rotatable bonds is 14. The third-order valence-electron chi connectivity index (χ3n) is 14.9. The quantitative estimate of drug-likeness (QED) is 0.116. The minimum atomic E-state index is -2.59. The highest BCUT2D eigenvalue weighted by molar-refractivity contribution is 6.91. The summed E-state index contributed by atoms with van der Waals surface area (Å²) in [5, 5.41) is 14.8. The molecule has 3 fully saturated rings. The van der Waals surface area contributed by atoms with Crippen LogP contribution in [0.1, 0.15) is 42.9 Å². The van der Waals surface area contributed by atoms with Crippen molar-refractivity contribution in [2.45, 2.75) is 75.2 Å². The first kappa shape index (κ1) is 45.2. The van der Waals surface area contributed by atoms with Crippen LogP contribution in [0.3, 0.4) is 0 Å². The Kier molecular flexibility index (Phi) is 12.6. The monoisotopic (exact) mass is 907 g/mol. The van der Waals surface area contributed by atoms with Crippen molar-refractivity contribution in [3.63, 3.8) is 0 Å². The number of aliphatic hydroxyl groups excluding tert-OH is 1. The number of nitrogens with one attached hydrogen (secondary N) is 1. The van der Waals surface area contributed by atoms with Gasteiger partial charge in [-0.15, -0.1) is 0 Å². The molecular weight excluding hydrogens is 847 g/mol. The van der Waals surface area contributed by atoms with Crippen LogP contribution >= 0.6 is 0 Å². The van der Waals surface area contributed by atoms with Gasteiger partial charge in [-0.05, 0) is 97.2 Å². The van der Waals surface area contributed by atoms with Crippen molar-refractivity contribution < 1.29 is 33.7 Å². The number of amides is 3. The Labute approximate surface area is 389 Å². The van der Waals surface area contributed by atoms with Gasteiger partial charge >= 0.3 is 0 Å². The van der Waals surface area contributed by atoms with Crippen LogP contribution in [-0.2, 0) is 37.8 Å². The van der Waals surface area contributed by atoms with E-state index in [4.69, 9.17) is 14.2 Å². The molecule has 0 unspecified atom stereocenters. The molecule has 12 nitrogen and oxygen atoms in total. The molecule has 0 aromatic heterocycles. The molecule has 2 spiro atoms. The maximum Gasteiger partial charge on any atom is 0.264 e. The van der Waals surface area contributed by atoms with Crippen LogP contribution in [0.2, 0.25) is 18.6 Å². The molecule has 344 valence electrons. The largest absolute Gasteiger partial charge is 0.497 e. The number of benzene rings is 5. The summed E-state index contributed by atoms with van der Waals surface area (Å²) in [5.74, 6) is 0.738. The Morgan fingerprint density at radius 1 is 0.818 bits per heavy atom. The van der Waals surface area contributed by atoms with Crippen molar-refractivity contribution >= 4 is 48.0 Å². The number of hydrogen-bond donors (Lipinski definition) is 2. The SMILES string of the molecule is COc1ccc([Si](C)(C)[C@H]2[C@H](CC(=O)N(CCO)Cc3ccccc3)O[C@@]3(C(=O)N(Cc4cccc(N5CN(c6ccccc6)C6(CCNCC6)C5=O)c4)c4ccc(OC)cc43)[C@@H]2C)cc1. The minimum Gasteiger partial charge on any atom is -0.497 e. The first-order valence-corrected chi connectivity index (χ1v) is 26.2. The number of fused-ring (bicyclic) bond motifs is 2. The zero-order valence-corrected chi connectivity index (χ0v) is 39.6. The maximum atomic E-state index is 15.8. The number of nitrogens with zero attached hydrogens (tertiary/aromatic N) is 4. The topological polar surface area (TPSA) is 124 Å². The zero-order chi connectivity index (χ0) is 46.2. The lowest BCUT2D eigenvalue weighted by atomic mass is 9.82. The van der Waals surface area contributed by atoms with Crippen LogP contribution in [0.15, 0.2) is 127 Å². The molecule has 0 radical (unpaired) electrons. The van der Waals surface area contributed by atoms with E-state index in [2.05, 4.69) is 54.5 Å². The Morgan fingerprint density at radius 3 is 2.15 bits per heavy atom. The predicted octanol–water partition coefficient (Wildman–Crippen LogP) is 6.81. The van der Waals surface area contributed by atoms with E-state index in [0.29, 0.717) is 37.4 Å². The van der Waals surface area contributed by atoms with Gasteiger partial charge in [-0.1, -0.05) is 98.0 Å². The van der Waals surface area contributed by atoms with Crippen LogP contribution in [-0.4, -0.2) is 94.6 Å². The number of piperidine rings is 1. The highest BCUT2D eigenvalue weighted by atomic mass is 28.3. The van der Waals surface area contributed by atoms with Crippen molar-refractivity contribution in [3.8, 4) is 11.5 Å². The molecule has 13 heteroatoms. The molecule has 4 aliphatic heterocycles. The summed E-state index contributed by atoms with van der Waals surface area (Å²) >= 11 is 0. The van der Waals surface area contributed by atoms with Crippen LogP contribution in [0.4, 0.5) is 17.1 Å². The highest BCUT2D eigenvalue weighted by Crippen LogP contribution is 2.60. The Balaban J connectivity index is 1.07. The molecule has 0 saturated carbocycles. The van der Waals surface area contributed by atoms with Crippen LogP contribution in [0.25, 0.3) is 0 Å². The van der Waals surface area contributed by atoms with E-state index in [-0.39, 0.29) is 55.3 Å². The van der Waals surface area contributed by atoms with Gasteiger partial charge in [0.05, 0.1) is 60.3 Å². The molecule has 4 heterocycles. The third kappa shape index (κ3) is 7.85. The molecule has 3 saturated heterocycles. The first-order valence-electron chi connectivity index (χ1n) is 23.1. The molecular formula is C53H61N5O7Si. The van der Waals surface area contributed by atoms with E-state index in [1.165, 1.54) is 0 Å². The second-order valence-electron chi connectivity index (χ2n) is 18.7. The lowest BCUT2D eigenvalue weighted by Gasteiger charge is -2.39. The maximum absolute atomic E-state index is 15.8. The second kappa shape index (κ2) is 18.4. The van der Waals surface area contributed by atoms with Crippen molar-refractivity contribution in [1.82, 2.24) is 10.2 Å². The van der Waals surface area contributed by atoms with Gasteiger partial charge in [-0.3, -0.25) is 19.3 Å². The van der Waals surface area contributed by atoms with Crippen molar-refractivity contribution in [2.75, 3.05) is 61.8 Å². The fourth-order valence-corrected chi connectivity index (χ4v) is 15.5. The predicted molar refractivity (Wildman–Crippen MR) is 260 cm³/mol. The summed E-state index contributed by atoms with van der Waals surface area (Å²) in [6.45, 7) is 9.21. The molecule has 2 N–H and O–H groups in total. The minimum absolute atomic E-state index is 0.0339. The average molecular weight is 908 g/mol. The van der Waals surface area contributed by atoms with E-state index in [1.54, 1.807) is 19.1 Å². The molecule has 4 atom stereocenters. The molecule has 66 heavy (non-hydrogen) atoms. The summed E-state index contributed by atoms with van der Waals surface area (Å²) in [4.78, 5) is 52.6. The van der Waals surface area contributed by atoms with E-state index in [9.17, 15) is 14.7 Å². The molecule has 9 rings (SSSR count). The van der Waals surface area contributed by atoms with E-state index in [0.717, 1.165) is 52.2 Å². The average Bonchev–Trinajstić information content (AvgIpc) is 3.89. The van der Waals surface area contributed by atoms with Gasteiger partial charge in [0.15, 0.2) is 5.60 Å². The van der Waals surface area contributed by atoms with Gasteiger partial charge in [-0.25, -0.2) is 0 Å². The van der Waals surface area contributed by atoms with Crippen molar-refractivity contribution in [2.24, 2.45) is 5.92 Å². The number of para-hydroxylation sites is 1. The number of ether oxygens (including phenoxy) is 3. The molecule has 0 bridgehead atoms. The highest BCUT2D eigenvalue weighted by Gasteiger charge is 2.66. The summed E-state index contributed by atoms with van der Waals surface area (Å²) < 4.78 is 18.7. The van der Waals surface area contributed by atoms with Gasteiger partial charge in [0.25, 0.3) is 11.8 Å². The Morgan fingerprint density at radius 2 is 1.47 bits per heavy atom. The second-order valence-corrected chi connectivity index (χ2v) is 23.4. The number of carbonyl (C=O) groups is 3. The van der Waals surface area contributed by atoms with Crippen molar-refractivity contribution in [3.05, 3.63) is 144 Å². The number of hydrogen-bond acceptors (Lipinski definition) is 9. The van der Waals surface area contributed by atoms with E-state index in [1.807, 2.05) is 113 Å². The van der Waals surface area contributed by atoms with E-state index >= 15 is 4.79 Å². The first-order chi connectivity index (χ1) is 31.9. The zero-order valence-electron chi connectivity index (χ0n) is 38.6. The van der Waals surface area contributed by atoms with Gasteiger partial charge in [0.2, 0.25) is 5.91 Å². The summed E-state index contributed by atoms with van der Waals surface area (Å²) in [7, 11) is 0.680. The summed E-state index contributed by atoms with van der Waals surface area (Å²) in [5.41, 5.74) is 2.79. The standard InChI is InChI=1S/C53H61N5O7Si/c1-37-49(66(4,5)44-22-19-42(63-2)20-23-44)47(33-48(60)55(29-30-59)34-38-13-8-6-9-14-38)65-53(37)45-32-43(64-3)21-24-46(45)56(51(53)62)35-39-15-12-18-41(31-39)57-36-58(40-16-10-7-11-17-40)52(50(57)61)25-27-54-28-26-52/h6-24,31-32,37,47,49,54,59H,25-30,33-36H2,1-5H3/t37-,47+,49-,53+/m1/s1. The molecule has 5 aromatic rings. The number of anilines is 3. The van der Waals surface area contributed by atoms with Crippen LogP contribution in [0, 0.1) is 5.92 Å². The van der Waals surface area contributed by atoms with Gasteiger partial charge in [0, 0.05) is 35.9 Å². The van der Waals surface area contributed by atoms with Gasteiger partial charge in [0.1, 0.15) is 17.0 Å². The molecule has 3 amide bonds. The fourth-order valence-electron chi connectivity index (χ4n) is 11.5. The van der Waals surface area contributed by atoms with Crippen molar-refractivity contribution in [1.29, 1.82) is 0 Å². The number of aliphatic hydroxyl groups is 1.